The number of ether oxygens (including phenoxy) is 1. The van der Waals surface area contributed by atoms with Gasteiger partial charge in [0.15, 0.2) is 5.11 Å². The van der Waals surface area contributed by atoms with Gasteiger partial charge in [0.25, 0.3) is 0 Å². The van der Waals surface area contributed by atoms with Gasteiger partial charge in [-0.2, -0.15) is 0 Å². The van der Waals surface area contributed by atoms with Crippen LogP contribution in [0.5, 0.6) is 0 Å². The Kier molecular flexibility index (Phi) is 6.74. The molecule has 6 nitrogen and oxygen atoms in total. The van der Waals surface area contributed by atoms with E-state index in [1.807, 2.05) is 45.2 Å². The molecule has 2 rings (SSSR count). The molecule has 1 amide bonds. The maximum absolute atomic E-state index is 12.5. The van der Waals surface area contributed by atoms with Crippen molar-refractivity contribution in [2.45, 2.75) is 39.7 Å². The Balaban J connectivity index is 2.39. The number of allylic oxidation sites excluding steroid dienone is 1. The maximum Gasteiger partial charge on any atom is 0.338 e. The number of esters is 1. The lowest BCUT2D eigenvalue weighted by atomic mass is 9.95. The van der Waals surface area contributed by atoms with Crippen LogP contribution in [0.4, 0.5) is 5.69 Å². The highest BCUT2D eigenvalue weighted by Gasteiger charge is 2.33. The Morgan fingerprint density at radius 3 is 2.73 bits per heavy atom. The molecule has 1 heterocycles. The van der Waals surface area contributed by atoms with Crippen molar-refractivity contribution >= 4 is 34.9 Å². The third-order valence-corrected chi connectivity index (χ3v) is 4.62. The quantitative estimate of drug-likeness (QED) is 0.588. The number of benzene rings is 1. The van der Waals surface area contributed by atoms with Gasteiger partial charge in [0, 0.05) is 24.9 Å². The van der Waals surface area contributed by atoms with Crippen molar-refractivity contribution in [2.24, 2.45) is 0 Å². The van der Waals surface area contributed by atoms with E-state index in [0.717, 1.165) is 17.7 Å². The molecule has 0 bridgehead atoms. The molecular weight excluding hydrogens is 350 g/mol. The van der Waals surface area contributed by atoms with E-state index >= 15 is 0 Å². The third-order valence-electron chi connectivity index (χ3n) is 4.23. The molecular formula is C19H25N3O3S. The molecule has 1 aliphatic rings. The minimum absolute atomic E-state index is 0.0335. The van der Waals surface area contributed by atoms with Crippen molar-refractivity contribution in [3.63, 3.8) is 0 Å². The smallest absolute Gasteiger partial charge is 0.338 e. The molecule has 1 aromatic carbocycles. The van der Waals surface area contributed by atoms with Gasteiger partial charge in [-0.1, -0.05) is 19.1 Å². The predicted molar refractivity (Wildman–Crippen MR) is 106 cm³/mol. The number of hydrogen-bond acceptors (Lipinski definition) is 4. The first-order chi connectivity index (χ1) is 12.4. The van der Waals surface area contributed by atoms with Crippen molar-refractivity contribution in [2.75, 3.05) is 19.0 Å². The summed E-state index contributed by atoms with van der Waals surface area (Å²) in [6.07, 6.45) is 1.25. The summed E-state index contributed by atoms with van der Waals surface area (Å²) in [5.74, 6) is -0.411. The van der Waals surface area contributed by atoms with Crippen LogP contribution < -0.4 is 10.6 Å². The summed E-state index contributed by atoms with van der Waals surface area (Å²) in [4.78, 5) is 26.2. The molecule has 0 saturated heterocycles. The number of nitrogens with zero attached hydrogens (tertiary/aromatic N) is 1. The maximum atomic E-state index is 12.5. The van der Waals surface area contributed by atoms with E-state index in [-0.39, 0.29) is 11.9 Å². The van der Waals surface area contributed by atoms with E-state index in [0.29, 0.717) is 29.4 Å². The van der Waals surface area contributed by atoms with Crippen LogP contribution in [0, 0.1) is 0 Å². The average Bonchev–Trinajstić information content (AvgIpc) is 2.60. The van der Waals surface area contributed by atoms with Crippen LogP contribution in [0.15, 0.2) is 35.5 Å². The average molecular weight is 375 g/mol. The van der Waals surface area contributed by atoms with Crippen LogP contribution >= 0.6 is 12.2 Å². The molecule has 26 heavy (non-hydrogen) atoms. The van der Waals surface area contributed by atoms with E-state index in [1.165, 1.54) is 0 Å². The largest absolute Gasteiger partial charge is 0.463 e. The van der Waals surface area contributed by atoms with Crippen LogP contribution in [0.25, 0.3) is 0 Å². The molecule has 0 unspecified atom stereocenters. The highest BCUT2D eigenvalue weighted by atomic mass is 32.1. The number of rotatable bonds is 6. The predicted octanol–water partition coefficient (Wildman–Crippen LogP) is 3.12. The van der Waals surface area contributed by atoms with E-state index in [4.69, 9.17) is 17.0 Å². The van der Waals surface area contributed by atoms with Gasteiger partial charge >= 0.3 is 5.97 Å². The Bertz CT molecular complexity index is 745. The monoisotopic (exact) mass is 375 g/mol. The van der Waals surface area contributed by atoms with Gasteiger partial charge < -0.3 is 20.3 Å². The van der Waals surface area contributed by atoms with Crippen molar-refractivity contribution in [1.82, 2.24) is 10.2 Å². The number of anilines is 1. The summed E-state index contributed by atoms with van der Waals surface area (Å²) in [6.45, 7) is 5.87. The second-order valence-electron chi connectivity index (χ2n) is 6.08. The topological polar surface area (TPSA) is 70.7 Å². The second kappa shape index (κ2) is 8.80. The van der Waals surface area contributed by atoms with E-state index in [1.54, 1.807) is 11.8 Å². The lowest BCUT2D eigenvalue weighted by Gasteiger charge is -2.35. The highest BCUT2D eigenvalue weighted by Crippen LogP contribution is 2.31. The molecule has 0 spiro atoms. The summed E-state index contributed by atoms with van der Waals surface area (Å²) in [6, 6.07) is 6.99. The fraction of sp³-hybridized carbons (Fsp3) is 0.421. The van der Waals surface area contributed by atoms with Crippen LogP contribution in [-0.4, -0.2) is 35.5 Å². The van der Waals surface area contributed by atoms with Gasteiger partial charge in [0.05, 0.1) is 18.2 Å². The van der Waals surface area contributed by atoms with Gasteiger partial charge in [-0.05, 0) is 50.2 Å². The fourth-order valence-corrected chi connectivity index (χ4v) is 3.06. The molecule has 0 fully saturated rings. The molecule has 0 aliphatic carbocycles. The molecule has 0 radical (unpaired) electrons. The zero-order valence-corrected chi connectivity index (χ0v) is 16.4. The summed E-state index contributed by atoms with van der Waals surface area (Å²) in [5.41, 5.74) is 2.78. The first-order valence-electron chi connectivity index (χ1n) is 8.70. The van der Waals surface area contributed by atoms with Crippen LogP contribution in [-0.2, 0) is 14.3 Å². The van der Waals surface area contributed by atoms with Crippen LogP contribution in [0.2, 0.25) is 0 Å². The van der Waals surface area contributed by atoms with Crippen molar-refractivity contribution in [1.29, 1.82) is 0 Å². The summed E-state index contributed by atoms with van der Waals surface area (Å²) >= 11 is 5.38. The Morgan fingerprint density at radius 2 is 2.08 bits per heavy atom. The van der Waals surface area contributed by atoms with E-state index in [2.05, 4.69) is 10.6 Å². The van der Waals surface area contributed by atoms with Gasteiger partial charge in [-0.3, -0.25) is 4.79 Å². The highest BCUT2D eigenvalue weighted by molar-refractivity contribution is 7.80. The number of carbonyl (C=O) groups is 2. The summed E-state index contributed by atoms with van der Waals surface area (Å²) in [5, 5.41) is 6.60. The van der Waals surface area contributed by atoms with Crippen molar-refractivity contribution < 1.29 is 14.3 Å². The number of hydrogen-bond donors (Lipinski definition) is 2. The zero-order valence-electron chi connectivity index (χ0n) is 15.6. The zero-order chi connectivity index (χ0) is 19.3. The lowest BCUT2D eigenvalue weighted by Crippen LogP contribution is -2.46. The number of carbonyl (C=O) groups excluding carboxylic acids is 2. The van der Waals surface area contributed by atoms with E-state index in [9.17, 15) is 9.59 Å². The molecule has 2 N–H and O–H groups in total. The minimum Gasteiger partial charge on any atom is -0.463 e. The Morgan fingerprint density at radius 1 is 1.35 bits per heavy atom. The molecule has 1 aromatic rings. The third kappa shape index (κ3) is 4.40. The van der Waals surface area contributed by atoms with Gasteiger partial charge in [-0.15, -0.1) is 0 Å². The first kappa shape index (κ1) is 19.9. The minimum atomic E-state index is -0.430. The van der Waals surface area contributed by atoms with Gasteiger partial charge in [-0.25, -0.2) is 4.79 Å². The molecule has 7 heteroatoms. The number of thiocarbonyl (C=S) groups is 1. The van der Waals surface area contributed by atoms with E-state index < -0.39 is 6.04 Å². The number of nitrogens with one attached hydrogen (secondary N) is 2. The summed E-state index contributed by atoms with van der Waals surface area (Å²) in [7, 11) is 1.81. The van der Waals surface area contributed by atoms with Crippen molar-refractivity contribution in [3.8, 4) is 0 Å². The van der Waals surface area contributed by atoms with Crippen LogP contribution in [0.3, 0.4) is 0 Å². The van der Waals surface area contributed by atoms with Gasteiger partial charge in [0.1, 0.15) is 0 Å². The Labute approximate surface area is 159 Å². The lowest BCUT2D eigenvalue weighted by molar-refractivity contribution is -0.139. The molecule has 0 aromatic heterocycles. The molecule has 0 saturated carbocycles. The normalized spacial score (nSPS) is 17.0. The van der Waals surface area contributed by atoms with Gasteiger partial charge in [0.2, 0.25) is 5.91 Å². The fourth-order valence-electron chi connectivity index (χ4n) is 2.81. The standard InChI is InChI=1S/C19H25N3O3S/c1-5-8-15(23)20-14-10-7-9-13(11-14)17-16(18(24)25-6-2)12(3)22(4)19(26)21-17/h7,9-11,17H,5-6,8H2,1-4H3,(H,20,23)(H,21,26)/t17-/m1/s1. The molecule has 1 atom stereocenters. The Hall–Kier alpha value is -2.41. The second-order valence-corrected chi connectivity index (χ2v) is 6.47. The SMILES string of the molecule is CCCC(=O)Nc1cccc([C@H]2NC(=S)N(C)C(C)=C2C(=O)OCC)c1. The first-order valence-corrected chi connectivity index (χ1v) is 9.11. The van der Waals surface area contributed by atoms with Crippen molar-refractivity contribution in [3.05, 3.63) is 41.1 Å². The number of amides is 1. The summed E-state index contributed by atoms with van der Waals surface area (Å²) < 4.78 is 5.24. The van der Waals surface area contributed by atoms with Crippen LogP contribution in [0.1, 0.15) is 45.2 Å². The molecule has 1 aliphatic heterocycles. The molecule has 140 valence electrons.